The summed E-state index contributed by atoms with van der Waals surface area (Å²) in [6.07, 6.45) is 8.78. The smallest absolute Gasteiger partial charge is 0.0812 e. The number of fused-ring (bicyclic) bond motifs is 8. The molecule has 0 fully saturated rings. The Morgan fingerprint density at radius 2 is 1.03 bits per heavy atom. The maximum atomic E-state index is 3.79. The Bertz CT molecular complexity index is 1730. The molecule has 0 saturated heterocycles. The molecule has 5 aromatic rings. The lowest BCUT2D eigenvalue weighted by Crippen LogP contribution is -2.47. The average Bonchev–Trinajstić information content (AvgIpc) is 3.58. The molecule has 0 amide bonds. The van der Waals surface area contributed by atoms with E-state index < -0.39 is 8.07 Å². The van der Waals surface area contributed by atoms with Crippen molar-refractivity contribution in [2.45, 2.75) is 19.6 Å². The summed E-state index contributed by atoms with van der Waals surface area (Å²) >= 11 is 0. The zero-order valence-corrected chi connectivity index (χ0v) is 20.7. The molecule has 1 aliphatic heterocycles. The maximum absolute atomic E-state index is 3.79. The highest BCUT2D eigenvalue weighted by Crippen LogP contribution is 2.16. The molecule has 6 rings (SSSR count). The van der Waals surface area contributed by atoms with E-state index >= 15 is 0 Å². The van der Waals surface area contributed by atoms with Gasteiger partial charge in [-0.15, -0.1) is 0 Å². The van der Waals surface area contributed by atoms with Crippen molar-refractivity contribution >= 4 is 37.6 Å². The van der Waals surface area contributed by atoms with Gasteiger partial charge in [0.05, 0.1) is 8.07 Å². The molecule has 8 bridgehead atoms. The average molecular weight is 461 g/mol. The van der Waals surface area contributed by atoms with E-state index in [1.807, 2.05) is 0 Å². The minimum atomic E-state index is -1.71. The van der Waals surface area contributed by atoms with Crippen molar-refractivity contribution < 1.29 is 0 Å². The first-order chi connectivity index (χ1) is 16.4. The van der Waals surface area contributed by atoms with Crippen LogP contribution in [0, 0.1) is 0 Å². The highest BCUT2D eigenvalue weighted by atomic mass is 28.3. The normalized spacial score (nSPS) is 12.9. The molecule has 34 heavy (non-hydrogen) atoms. The Morgan fingerprint density at radius 3 is 1.59 bits per heavy atom. The second-order valence-corrected chi connectivity index (χ2v) is 15.0. The molecule has 0 saturated carbocycles. The summed E-state index contributed by atoms with van der Waals surface area (Å²) in [6, 6.07) is 23.5. The molecular formula is C29H28N4Si. The van der Waals surface area contributed by atoms with Crippen molar-refractivity contribution in [3.05, 3.63) is 111 Å². The molecular weight excluding hydrogens is 432 g/mol. The fraction of sp³-hybridized carbons (Fsp3) is 0.103. The van der Waals surface area contributed by atoms with Gasteiger partial charge in [-0.2, -0.15) is 0 Å². The van der Waals surface area contributed by atoms with Gasteiger partial charge < -0.3 is 19.9 Å². The first kappa shape index (κ1) is 20.6. The van der Waals surface area contributed by atoms with Gasteiger partial charge in [0.15, 0.2) is 0 Å². The molecule has 0 radical (unpaired) electrons. The summed E-state index contributed by atoms with van der Waals surface area (Å²) in [5, 5.41) is 5.90. The van der Waals surface area contributed by atoms with Crippen molar-refractivity contribution in [1.82, 2.24) is 19.9 Å². The third-order valence-electron chi connectivity index (χ3n) is 6.29. The quantitative estimate of drug-likeness (QED) is 0.287. The number of hydrogen-bond acceptors (Lipinski definition) is 0. The Balaban J connectivity index is 1.72. The molecule has 0 aliphatic carbocycles. The van der Waals surface area contributed by atoms with Gasteiger partial charge in [-0.1, -0.05) is 50.0 Å². The Labute approximate surface area is 199 Å². The van der Waals surface area contributed by atoms with E-state index in [2.05, 4.69) is 131 Å². The second kappa shape index (κ2) is 7.82. The van der Waals surface area contributed by atoms with Crippen LogP contribution in [-0.4, -0.2) is 28.0 Å². The molecule has 0 spiro atoms. The van der Waals surface area contributed by atoms with Crippen molar-refractivity contribution in [1.29, 1.82) is 0 Å². The molecule has 4 aromatic heterocycles. The number of aromatic nitrogens is 4. The Hall–Kier alpha value is -3.96. The molecule has 4 N–H and O–H groups in total. The molecule has 5 heterocycles. The van der Waals surface area contributed by atoms with Gasteiger partial charge in [0.25, 0.3) is 0 Å². The number of nitrogens with one attached hydrogen (secondary N) is 4. The lowest BCUT2D eigenvalue weighted by atomic mass is 10.1. The van der Waals surface area contributed by atoms with Gasteiger partial charge in [0, 0.05) is 49.7 Å². The van der Waals surface area contributed by atoms with Crippen LogP contribution >= 0.6 is 0 Å². The fourth-order valence-corrected chi connectivity index (χ4v) is 6.85. The van der Waals surface area contributed by atoms with Gasteiger partial charge in [-0.3, -0.25) is 0 Å². The Morgan fingerprint density at radius 1 is 0.500 bits per heavy atom. The first-order valence-corrected chi connectivity index (χ1v) is 15.2. The lowest BCUT2D eigenvalue weighted by Gasteiger charge is -2.18. The Kier molecular flexibility index (Phi) is 4.74. The van der Waals surface area contributed by atoms with Crippen molar-refractivity contribution in [3.63, 3.8) is 0 Å². The number of hydrogen-bond donors (Lipinski definition) is 4. The van der Waals surface area contributed by atoms with Crippen LogP contribution in [0.15, 0.2) is 66.7 Å². The summed E-state index contributed by atoms with van der Waals surface area (Å²) in [4.78, 5) is 14.4. The van der Waals surface area contributed by atoms with Gasteiger partial charge >= 0.3 is 0 Å². The number of rotatable bonds is 2. The fourth-order valence-electron chi connectivity index (χ4n) is 4.88. The predicted octanol–water partition coefficient (Wildman–Crippen LogP) is 2.84. The molecule has 0 atom stereocenters. The summed E-state index contributed by atoms with van der Waals surface area (Å²) in [5.41, 5.74) is 6.86. The molecule has 168 valence electrons. The standard InChI is InChI=1S/C29H28N4Si/c1-34(2,3)29-27-18-25-14-12-23(32-25)16-21-10-9-20(30-21)15-22-11-13-24(31-22)17-26(33-27)28(29)19-7-5-4-6-8-19/h4-18,30-33H,1-3H3. The van der Waals surface area contributed by atoms with Crippen molar-refractivity contribution in [2.24, 2.45) is 0 Å². The van der Waals surface area contributed by atoms with E-state index in [0.29, 0.717) is 0 Å². The van der Waals surface area contributed by atoms with Gasteiger partial charge in [0.1, 0.15) is 0 Å². The summed E-state index contributed by atoms with van der Waals surface area (Å²) in [6.45, 7) is 7.26. The van der Waals surface area contributed by atoms with Crippen LogP contribution in [0.1, 0.15) is 22.8 Å². The van der Waals surface area contributed by atoms with Gasteiger partial charge in [0.2, 0.25) is 0 Å². The highest BCUT2D eigenvalue weighted by Gasteiger charge is 2.25. The molecule has 1 aliphatic rings. The lowest BCUT2D eigenvalue weighted by molar-refractivity contribution is 1.23. The van der Waals surface area contributed by atoms with E-state index in [9.17, 15) is 0 Å². The third-order valence-corrected chi connectivity index (χ3v) is 8.30. The number of aromatic amines is 4. The maximum Gasteiger partial charge on any atom is 0.0812 e. The van der Waals surface area contributed by atoms with E-state index in [1.165, 1.54) is 21.7 Å². The predicted molar refractivity (Wildman–Crippen MR) is 144 cm³/mol. The van der Waals surface area contributed by atoms with Crippen LogP contribution < -0.4 is 26.6 Å². The van der Waals surface area contributed by atoms with Gasteiger partial charge in [-0.05, 0) is 71.5 Å². The summed E-state index contributed by atoms with van der Waals surface area (Å²) < 4.78 is 0. The summed E-state index contributed by atoms with van der Waals surface area (Å²) in [5.74, 6) is 0. The van der Waals surface area contributed by atoms with Crippen LogP contribution in [0.3, 0.4) is 0 Å². The monoisotopic (exact) mass is 460 g/mol. The topological polar surface area (TPSA) is 63.2 Å². The summed E-state index contributed by atoms with van der Waals surface area (Å²) in [7, 11) is -1.71. The second-order valence-electron chi connectivity index (χ2n) is 10.0. The van der Waals surface area contributed by atoms with Crippen LogP contribution in [0.2, 0.25) is 19.6 Å². The molecule has 5 heteroatoms. The SMILES string of the molecule is C[Si](C)(C)c1c(-c2ccccc2)c2[nH]c1=Cc1ccc([nH]1)C=c1ccc([nH]1)=Cc1ccc([nH]1)C=2. The zero-order valence-electron chi connectivity index (χ0n) is 19.7. The van der Waals surface area contributed by atoms with Crippen LogP contribution in [-0.2, 0) is 0 Å². The van der Waals surface area contributed by atoms with Crippen molar-refractivity contribution in [2.75, 3.05) is 0 Å². The largest absolute Gasteiger partial charge is 0.355 e. The number of H-pyrrole nitrogens is 4. The highest BCUT2D eigenvalue weighted by molar-refractivity contribution is 6.89. The van der Waals surface area contributed by atoms with Crippen LogP contribution in [0.25, 0.3) is 35.4 Å². The van der Waals surface area contributed by atoms with Crippen LogP contribution in [0.4, 0.5) is 0 Å². The number of benzene rings is 1. The first-order valence-electron chi connectivity index (χ1n) is 11.7. The van der Waals surface area contributed by atoms with Gasteiger partial charge in [-0.25, -0.2) is 0 Å². The van der Waals surface area contributed by atoms with E-state index in [4.69, 9.17) is 0 Å². The van der Waals surface area contributed by atoms with E-state index in [-0.39, 0.29) is 0 Å². The minimum Gasteiger partial charge on any atom is -0.355 e. The minimum absolute atomic E-state index is 1.07. The van der Waals surface area contributed by atoms with E-state index in [0.717, 1.165) is 38.8 Å². The molecule has 4 nitrogen and oxygen atoms in total. The zero-order chi connectivity index (χ0) is 23.3. The van der Waals surface area contributed by atoms with E-state index in [1.54, 1.807) is 0 Å². The van der Waals surface area contributed by atoms with Crippen LogP contribution in [0.5, 0.6) is 0 Å². The van der Waals surface area contributed by atoms with Crippen molar-refractivity contribution in [3.8, 4) is 11.1 Å². The molecule has 0 unspecified atom stereocenters. The third kappa shape index (κ3) is 3.84. The molecule has 1 aromatic carbocycles.